The average Bonchev–Trinajstić information content (AvgIpc) is 2.95. The Hall–Kier alpha value is -1.59. The zero-order chi connectivity index (χ0) is 13.8. The van der Waals surface area contributed by atoms with Crippen molar-refractivity contribution in [1.29, 1.82) is 0 Å². The summed E-state index contributed by atoms with van der Waals surface area (Å²) >= 11 is 7.29. The van der Waals surface area contributed by atoms with Gasteiger partial charge in [-0.15, -0.1) is 11.3 Å². The molecule has 0 unspecified atom stereocenters. The average molecular weight is 297 g/mol. The number of halogens is 1. The van der Waals surface area contributed by atoms with Crippen LogP contribution in [0.15, 0.2) is 24.5 Å². The molecule has 0 fully saturated rings. The first-order valence-electron chi connectivity index (χ1n) is 5.73. The lowest BCUT2D eigenvalue weighted by Gasteiger charge is -2.06. The molecule has 0 aliphatic rings. The molecule has 19 heavy (non-hydrogen) atoms. The van der Waals surface area contributed by atoms with Gasteiger partial charge in [0.2, 0.25) is 0 Å². The van der Waals surface area contributed by atoms with Crippen molar-refractivity contribution in [3.63, 3.8) is 0 Å². The minimum absolute atomic E-state index is 0.325. The highest BCUT2D eigenvalue weighted by molar-refractivity contribution is 7.17. The Labute approximate surface area is 120 Å². The number of aromatic nitrogens is 2. The number of thiophene rings is 1. The van der Waals surface area contributed by atoms with Gasteiger partial charge in [0.05, 0.1) is 10.9 Å². The number of hydrogen-bond acceptors (Lipinski definition) is 4. The van der Waals surface area contributed by atoms with Gasteiger partial charge in [-0.2, -0.15) is 0 Å². The quantitative estimate of drug-likeness (QED) is 0.642. The number of rotatable bonds is 4. The van der Waals surface area contributed by atoms with Crippen LogP contribution in [0.3, 0.4) is 0 Å². The molecule has 0 aromatic carbocycles. The smallest absolute Gasteiger partial charge is 0.341 e. The van der Waals surface area contributed by atoms with Crippen LogP contribution in [0.4, 0.5) is 0 Å². The van der Waals surface area contributed by atoms with E-state index < -0.39 is 0 Å². The highest BCUT2D eigenvalue weighted by Crippen LogP contribution is 2.26. The molecule has 2 heterocycles. The van der Waals surface area contributed by atoms with Gasteiger partial charge in [-0.3, -0.25) is 0 Å². The molecule has 4 nitrogen and oxygen atoms in total. The predicted octanol–water partition coefficient (Wildman–Crippen LogP) is 3.24. The molecule has 0 aliphatic carbocycles. The second-order valence-electron chi connectivity index (χ2n) is 3.78. The number of carbonyl (C=O) groups is 1. The van der Waals surface area contributed by atoms with Gasteiger partial charge in [0.15, 0.2) is 0 Å². The summed E-state index contributed by atoms with van der Waals surface area (Å²) in [7, 11) is 1.83. The Morgan fingerprint density at radius 2 is 2.37 bits per heavy atom. The molecule has 0 saturated carbocycles. The first-order valence-corrected chi connectivity index (χ1v) is 6.93. The van der Waals surface area contributed by atoms with Crippen molar-refractivity contribution >= 4 is 40.6 Å². The van der Waals surface area contributed by atoms with Gasteiger partial charge in [-0.05, 0) is 25.1 Å². The second-order valence-corrected chi connectivity index (χ2v) is 5.53. The summed E-state index contributed by atoms with van der Waals surface area (Å²) in [6.07, 6.45) is 5.17. The fourth-order valence-corrected chi connectivity index (χ4v) is 2.60. The number of hydrogen-bond donors (Lipinski definition) is 0. The Kier molecular flexibility index (Phi) is 4.39. The van der Waals surface area contributed by atoms with Crippen molar-refractivity contribution < 1.29 is 9.53 Å². The maximum Gasteiger partial charge on any atom is 0.341 e. The molecule has 0 bridgehead atoms. The van der Waals surface area contributed by atoms with Crippen LogP contribution < -0.4 is 0 Å². The summed E-state index contributed by atoms with van der Waals surface area (Å²) in [5.41, 5.74) is 0.424. The Balaban J connectivity index is 2.43. The maximum atomic E-state index is 12.0. The van der Waals surface area contributed by atoms with Gasteiger partial charge in [-0.25, -0.2) is 9.78 Å². The Bertz CT molecular complexity index is 616. The third-order valence-electron chi connectivity index (χ3n) is 2.44. The lowest BCUT2D eigenvalue weighted by molar-refractivity contribution is -0.136. The molecule has 0 N–H and O–H groups in total. The van der Waals surface area contributed by atoms with Gasteiger partial charge >= 0.3 is 5.97 Å². The lowest BCUT2D eigenvalue weighted by atomic mass is 10.2. The normalized spacial score (nSPS) is 11.6. The van der Waals surface area contributed by atoms with Crippen molar-refractivity contribution in [2.45, 2.75) is 6.92 Å². The first-order chi connectivity index (χ1) is 9.11. The van der Waals surface area contributed by atoms with Crippen LogP contribution in [0.1, 0.15) is 17.6 Å². The highest BCUT2D eigenvalue weighted by Gasteiger charge is 2.17. The SMILES string of the molecule is CCOC(=O)/C(=C/c1ccc(Cl)s1)c1nccn1C. The van der Waals surface area contributed by atoms with E-state index in [1.807, 2.05) is 13.1 Å². The Morgan fingerprint density at radius 3 is 2.89 bits per heavy atom. The van der Waals surface area contributed by atoms with Crippen LogP contribution in [-0.4, -0.2) is 22.1 Å². The molecular formula is C13H13ClN2O2S. The summed E-state index contributed by atoms with van der Waals surface area (Å²) < 4.78 is 7.52. The van der Waals surface area contributed by atoms with Crippen LogP contribution in [0.2, 0.25) is 4.34 Å². The maximum absolute atomic E-state index is 12.0. The van der Waals surface area contributed by atoms with Crippen molar-refractivity contribution in [1.82, 2.24) is 9.55 Å². The van der Waals surface area contributed by atoms with Crippen LogP contribution in [0.25, 0.3) is 11.6 Å². The number of aryl methyl sites for hydroxylation is 1. The number of nitrogens with zero attached hydrogens (tertiary/aromatic N) is 2. The van der Waals surface area contributed by atoms with Gasteiger partial charge in [-0.1, -0.05) is 11.6 Å². The summed E-state index contributed by atoms with van der Waals surface area (Å²) in [6.45, 7) is 2.10. The molecule has 0 atom stereocenters. The largest absolute Gasteiger partial charge is 0.462 e. The van der Waals surface area contributed by atoms with Gasteiger partial charge < -0.3 is 9.30 Å². The van der Waals surface area contributed by atoms with Gasteiger partial charge in [0.25, 0.3) is 0 Å². The monoisotopic (exact) mass is 296 g/mol. The van der Waals surface area contributed by atoms with E-state index in [-0.39, 0.29) is 5.97 Å². The van der Waals surface area contributed by atoms with Crippen molar-refractivity contribution in [2.75, 3.05) is 6.61 Å². The second kappa shape index (κ2) is 6.04. The fraction of sp³-hybridized carbons (Fsp3) is 0.231. The van der Waals surface area contributed by atoms with Gasteiger partial charge in [0, 0.05) is 24.3 Å². The van der Waals surface area contributed by atoms with E-state index in [0.29, 0.717) is 22.3 Å². The van der Waals surface area contributed by atoms with Crippen LogP contribution >= 0.6 is 22.9 Å². The lowest BCUT2D eigenvalue weighted by Crippen LogP contribution is -2.10. The molecule has 100 valence electrons. The van der Waals surface area contributed by atoms with Crippen molar-refractivity contribution in [2.24, 2.45) is 7.05 Å². The molecule has 0 saturated heterocycles. The standard InChI is InChI=1S/C13H13ClN2O2S/c1-3-18-13(17)10(12-15-6-7-16(12)2)8-9-4-5-11(14)19-9/h4-8H,3H2,1-2H3/b10-8+. The predicted molar refractivity (Wildman–Crippen MR) is 77.0 cm³/mol. The molecule has 0 spiro atoms. The molecule has 0 radical (unpaired) electrons. The molecule has 6 heteroatoms. The molecule has 0 aliphatic heterocycles. The third-order valence-corrected chi connectivity index (χ3v) is 3.62. The van der Waals surface area contributed by atoms with Crippen LogP contribution in [0, 0.1) is 0 Å². The first kappa shape index (κ1) is 13.8. The number of esters is 1. The van der Waals surface area contributed by atoms with E-state index >= 15 is 0 Å². The molecular weight excluding hydrogens is 284 g/mol. The summed E-state index contributed by atoms with van der Waals surface area (Å²) in [4.78, 5) is 17.1. The van der Waals surface area contributed by atoms with E-state index in [9.17, 15) is 4.79 Å². The minimum atomic E-state index is -0.388. The number of imidazole rings is 1. The molecule has 2 rings (SSSR count). The fourth-order valence-electron chi connectivity index (χ4n) is 1.60. The van der Waals surface area contributed by atoms with E-state index in [2.05, 4.69) is 4.98 Å². The zero-order valence-corrected chi connectivity index (χ0v) is 12.2. The third kappa shape index (κ3) is 3.24. The molecule has 0 amide bonds. The number of carbonyl (C=O) groups excluding carboxylic acids is 1. The highest BCUT2D eigenvalue weighted by atomic mass is 35.5. The van der Waals surface area contributed by atoms with Gasteiger partial charge in [0.1, 0.15) is 11.4 Å². The molecule has 2 aromatic heterocycles. The van der Waals surface area contributed by atoms with E-state index in [4.69, 9.17) is 16.3 Å². The summed E-state index contributed by atoms with van der Waals surface area (Å²) in [6, 6.07) is 3.65. The zero-order valence-electron chi connectivity index (χ0n) is 10.6. The van der Waals surface area contributed by atoms with Crippen LogP contribution in [0.5, 0.6) is 0 Å². The van der Waals surface area contributed by atoms with E-state index in [1.165, 1.54) is 11.3 Å². The molecule has 2 aromatic rings. The van der Waals surface area contributed by atoms with Crippen LogP contribution in [-0.2, 0) is 16.6 Å². The van der Waals surface area contributed by atoms with E-state index in [1.54, 1.807) is 36.0 Å². The topological polar surface area (TPSA) is 44.1 Å². The van der Waals surface area contributed by atoms with E-state index in [0.717, 1.165) is 4.88 Å². The van der Waals surface area contributed by atoms with Crippen molar-refractivity contribution in [3.05, 3.63) is 39.6 Å². The number of ether oxygens (including phenoxy) is 1. The summed E-state index contributed by atoms with van der Waals surface area (Å²) in [5, 5.41) is 0. The minimum Gasteiger partial charge on any atom is -0.462 e. The Morgan fingerprint density at radius 1 is 1.58 bits per heavy atom. The summed E-state index contributed by atoms with van der Waals surface area (Å²) in [5.74, 6) is 0.185. The van der Waals surface area contributed by atoms with Crippen molar-refractivity contribution in [3.8, 4) is 0 Å².